The van der Waals surface area contributed by atoms with Crippen LogP contribution >= 0.6 is 0 Å². The molecule has 0 saturated heterocycles. The van der Waals surface area contributed by atoms with Crippen LogP contribution in [-0.4, -0.2) is 5.91 Å². The highest BCUT2D eigenvalue weighted by molar-refractivity contribution is 5.73. The van der Waals surface area contributed by atoms with Crippen molar-refractivity contribution in [1.29, 1.82) is 0 Å². The quantitative estimate of drug-likeness (QED) is 0.486. The molecule has 0 aromatic rings. The summed E-state index contributed by atoms with van der Waals surface area (Å²) in [6.07, 6.45) is 1.35. The molecule has 1 N–H and O–H groups in total. The van der Waals surface area contributed by atoms with Crippen molar-refractivity contribution in [2.75, 3.05) is 0 Å². The fraction of sp³-hybridized carbons (Fsp3) is 0.250. The molecular weight excluding hydrogens is 78.0 g/mol. The minimum atomic E-state index is -0.0787. The molecule has 0 unspecified atom stereocenters. The van der Waals surface area contributed by atoms with E-state index < -0.39 is 0 Å². The normalized spacial score (nSPS) is 6.83. The Bertz CT molecular complexity index is 67.9. The molecule has 0 atom stereocenters. The third-order valence-corrected chi connectivity index (χ3v) is 0.305. The van der Waals surface area contributed by atoms with E-state index in [9.17, 15) is 4.79 Å². The van der Waals surface area contributed by atoms with Crippen LogP contribution in [0.1, 0.15) is 6.92 Å². The minimum absolute atomic E-state index is 0.0787. The van der Waals surface area contributed by atoms with E-state index in [1.807, 2.05) is 0 Å². The molecule has 2 heteroatoms. The maximum Gasteiger partial charge on any atom is 0.220 e. The van der Waals surface area contributed by atoms with E-state index in [-0.39, 0.29) is 5.91 Å². The topological polar surface area (TPSA) is 29.1 Å². The second-order valence-corrected chi connectivity index (χ2v) is 0.905. The average Bonchev–Trinajstić information content (AvgIpc) is 1.35. The Balaban J connectivity index is 3.05. The van der Waals surface area contributed by atoms with Gasteiger partial charge in [0.2, 0.25) is 5.91 Å². The van der Waals surface area contributed by atoms with E-state index in [1.54, 1.807) is 0 Å². The van der Waals surface area contributed by atoms with Crippen LogP contribution in [-0.2, 0) is 4.79 Å². The molecule has 0 saturated carbocycles. The van der Waals surface area contributed by atoms with Gasteiger partial charge in [-0.15, -0.1) is 0 Å². The number of carbonyl (C=O) groups excluding carboxylic acids is 1. The molecule has 0 radical (unpaired) electrons. The van der Waals surface area contributed by atoms with Crippen LogP contribution in [0.15, 0.2) is 12.8 Å². The molecular formula is C4H7NO. The zero-order valence-corrected chi connectivity index (χ0v) is 3.69. The number of hydrogen-bond acceptors (Lipinski definition) is 1. The third-order valence-electron chi connectivity index (χ3n) is 0.305. The fourth-order valence-electron chi connectivity index (χ4n) is 0.144. The molecule has 0 aliphatic rings. The number of rotatable bonds is 1. The minimum Gasteiger partial charge on any atom is -0.334 e. The highest BCUT2D eigenvalue weighted by atomic mass is 16.1. The summed E-state index contributed by atoms with van der Waals surface area (Å²) in [7, 11) is 0. The van der Waals surface area contributed by atoms with Gasteiger partial charge in [0.05, 0.1) is 0 Å². The monoisotopic (exact) mass is 85.1 g/mol. The first-order chi connectivity index (χ1) is 2.77. The molecule has 0 aromatic carbocycles. The maximum absolute atomic E-state index is 9.86. The van der Waals surface area contributed by atoms with E-state index in [2.05, 4.69) is 11.9 Å². The second kappa shape index (κ2) is 2.45. The van der Waals surface area contributed by atoms with Gasteiger partial charge in [0.15, 0.2) is 0 Å². The first kappa shape index (κ1) is 5.21. The van der Waals surface area contributed by atoms with Crippen molar-refractivity contribution in [1.82, 2.24) is 5.32 Å². The summed E-state index contributed by atoms with van der Waals surface area (Å²) in [4.78, 5) is 9.86. The highest BCUT2D eigenvalue weighted by Crippen LogP contribution is 1.54. The van der Waals surface area contributed by atoms with Crippen molar-refractivity contribution < 1.29 is 4.79 Å². The maximum atomic E-state index is 9.86. The summed E-state index contributed by atoms with van der Waals surface area (Å²) in [5.74, 6) is -0.0787. The highest BCUT2D eigenvalue weighted by Gasteiger charge is 1.75. The molecule has 2 nitrogen and oxygen atoms in total. The Labute approximate surface area is 36.9 Å². The molecule has 0 aliphatic heterocycles. The predicted molar refractivity (Wildman–Crippen MR) is 24.0 cm³/mol. The molecule has 0 bridgehead atoms. The Morgan fingerprint density at radius 1 is 2.00 bits per heavy atom. The van der Waals surface area contributed by atoms with Crippen molar-refractivity contribution in [3.8, 4) is 0 Å². The van der Waals surface area contributed by atoms with Crippen LogP contribution in [0.4, 0.5) is 0 Å². The smallest absolute Gasteiger partial charge is 0.220 e. The van der Waals surface area contributed by atoms with Crippen LogP contribution in [0.5, 0.6) is 0 Å². The summed E-state index contributed by atoms with van der Waals surface area (Å²) < 4.78 is 0. The van der Waals surface area contributed by atoms with Gasteiger partial charge < -0.3 is 5.32 Å². The SMILES string of the molecule is C=CNC(C)=O. The Morgan fingerprint density at radius 2 is 2.50 bits per heavy atom. The molecule has 6 heavy (non-hydrogen) atoms. The summed E-state index contributed by atoms with van der Waals surface area (Å²) in [6.45, 7) is 4.70. The molecule has 0 aromatic heterocycles. The van der Waals surface area contributed by atoms with Crippen molar-refractivity contribution in [2.45, 2.75) is 6.92 Å². The van der Waals surface area contributed by atoms with Crippen LogP contribution in [0.3, 0.4) is 0 Å². The average molecular weight is 85.1 g/mol. The molecule has 34 valence electrons. The van der Waals surface area contributed by atoms with Gasteiger partial charge >= 0.3 is 0 Å². The Kier molecular flexibility index (Phi) is 2.13. The van der Waals surface area contributed by atoms with Crippen LogP contribution in [0.25, 0.3) is 0 Å². The number of hydrogen-bond donors (Lipinski definition) is 1. The van der Waals surface area contributed by atoms with Gasteiger partial charge in [0.25, 0.3) is 0 Å². The number of amides is 1. The molecule has 0 rings (SSSR count). The molecule has 0 heterocycles. The van der Waals surface area contributed by atoms with Crippen molar-refractivity contribution in [3.63, 3.8) is 0 Å². The van der Waals surface area contributed by atoms with Crippen LogP contribution in [0, 0.1) is 0 Å². The van der Waals surface area contributed by atoms with Gasteiger partial charge in [-0.2, -0.15) is 0 Å². The lowest BCUT2D eigenvalue weighted by Crippen LogP contribution is -2.10. The predicted octanol–water partition coefficient (Wildman–Crippen LogP) is 0.266. The lowest BCUT2D eigenvalue weighted by molar-refractivity contribution is -0.118. The van der Waals surface area contributed by atoms with Gasteiger partial charge in [0, 0.05) is 6.92 Å². The largest absolute Gasteiger partial charge is 0.334 e. The number of nitrogens with one attached hydrogen (secondary N) is 1. The van der Waals surface area contributed by atoms with Crippen molar-refractivity contribution >= 4 is 5.91 Å². The standard InChI is InChI=1S/C4H7NO/c1-3-5-4(2)6/h3H,1H2,2H3,(H,5,6). The molecule has 0 aliphatic carbocycles. The molecule has 1 amide bonds. The van der Waals surface area contributed by atoms with Crippen molar-refractivity contribution in [2.24, 2.45) is 0 Å². The third kappa shape index (κ3) is 3.21. The Morgan fingerprint density at radius 3 is 2.50 bits per heavy atom. The van der Waals surface area contributed by atoms with E-state index in [0.717, 1.165) is 0 Å². The molecule has 0 spiro atoms. The lowest BCUT2D eigenvalue weighted by atomic mass is 10.7. The van der Waals surface area contributed by atoms with Gasteiger partial charge in [-0.05, 0) is 6.20 Å². The Hall–Kier alpha value is -0.790. The second-order valence-electron chi connectivity index (χ2n) is 0.905. The van der Waals surface area contributed by atoms with Crippen molar-refractivity contribution in [3.05, 3.63) is 12.8 Å². The van der Waals surface area contributed by atoms with E-state index >= 15 is 0 Å². The summed E-state index contributed by atoms with van der Waals surface area (Å²) in [6, 6.07) is 0. The first-order valence-electron chi connectivity index (χ1n) is 1.65. The van der Waals surface area contributed by atoms with Crippen LogP contribution in [0.2, 0.25) is 0 Å². The summed E-state index contributed by atoms with van der Waals surface area (Å²) in [5.41, 5.74) is 0. The fourth-order valence-corrected chi connectivity index (χ4v) is 0.144. The van der Waals surface area contributed by atoms with Crippen LogP contribution < -0.4 is 5.32 Å². The van der Waals surface area contributed by atoms with Gasteiger partial charge in [-0.1, -0.05) is 6.58 Å². The first-order valence-corrected chi connectivity index (χ1v) is 1.65. The number of carbonyl (C=O) groups is 1. The van der Waals surface area contributed by atoms with Gasteiger partial charge in [-0.3, -0.25) is 4.79 Å². The van der Waals surface area contributed by atoms with Gasteiger partial charge in [-0.25, -0.2) is 0 Å². The molecule has 0 fully saturated rings. The zero-order chi connectivity index (χ0) is 4.99. The van der Waals surface area contributed by atoms with E-state index in [0.29, 0.717) is 0 Å². The summed E-state index contributed by atoms with van der Waals surface area (Å²) in [5, 5.41) is 2.33. The zero-order valence-electron chi connectivity index (χ0n) is 3.69. The lowest BCUT2D eigenvalue weighted by Gasteiger charge is -1.83. The summed E-state index contributed by atoms with van der Waals surface area (Å²) >= 11 is 0. The van der Waals surface area contributed by atoms with Gasteiger partial charge in [0.1, 0.15) is 0 Å². The van der Waals surface area contributed by atoms with E-state index in [1.165, 1.54) is 13.1 Å². The van der Waals surface area contributed by atoms with E-state index in [4.69, 9.17) is 0 Å².